The predicted molar refractivity (Wildman–Crippen MR) is 70.6 cm³/mol. The van der Waals surface area contributed by atoms with Crippen LogP contribution in [0.15, 0.2) is 18.2 Å². The lowest BCUT2D eigenvalue weighted by atomic mass is 10.1. The molecule has 0 spiro atoms. The van der Waals surface area contributed by atoms with Crippen molar-refractivity contribution in [1.82, 2.24) is 4.90 Å². The van der Waals surface area contributed by atoms with E-state index >= 15 is 0 Å². The van der Waals surface area contributed by atoms with Gasteiger partial charge in [-0.15, -0.1) is 0 Å². The molecule has 0 amide bonds. The zero-order valence-electron chi connectivity index (χ0n) is 10.8. The molecule has 0 aliphatic rings. The Labute approximate surface area is 108 Å². The molecule has 0 radical (unpaired) electrons. The highest BCUT2D eigenvalue weighted by Gasteiger charge is 2.15. The molecule has 96 valence electrons. The molecule has 1 aromatic rings. The van der Waals surface area contributed by atoms with Crippen LogP contribution in [0.3, 0.4) is 0 Å². The number of hydrogen-bond donors (Lipinski definition) is 1. The molecular weight excluding hydrogens is 238 g/mol. The van der Waals surface area contributed by atoms with E-state index < -0.39 is 5.60 Å². The highest BCUT2D eigenvalue weighted by Crippen LogP contribution is 2.25. The lowest BCUT2D eigenvalue weighted by Gasteiger charge is -2.25. The van der Waals surface area contributed by atoms with Gasteiger partial charge in [-0.3, -0.25) is 4.90 Å². The van der Waals surface area contributed by atoms with E-state index in [1.807, 2.05) is 25.2 Å². The molecule has 0 aliphatic carbocycles. The molecule has 0 atom stereocenters. The highest BCUT2D eigenvalue weighted by molar-refractivity contribution is 6.32. The maximum Gasteiger partial charge on any atom is 0.137 e. The number of methoxy groups -OCH3 is 1. The van der Waals surface area contributed by atoms with E-state index in [4.69, 9.17) is 16.3 Å². The molecule has 0 bridgehead atoms. The maximum atomic E-state index is 9.72. The van der Waals surface area contributed by atoms with Crippen molar-refractivity contribution in [2.75, 3.05) is 20.7 Å². The van der Waals surface area contributed by atoms with Crippen molar-refractivity contribution in [3.05, 3.63) is 28.8 Å². The van der Waals surface area contributed by atoms with Gasteiger partial charge in [0.2, 0.25) is 0 Å². The van der Waals surface area contributed by atoms with Crippen molar-refractivity contribution in [1.29, 1.82) is 0 Å². The summed E-state index contributed by atoms with van der Waals surface area (Å²) in [5, 5.41) is 10.3. The zero-order valence-corrected chi connectivity index (χ0v) is 11.6. The van der Waals surface area contributed by atoms with Gasteiger partial charge in [0.15, 0.2) is 0 Å². The van der Waals surface area contributed by atoms with Crippen LogP contribution in [0.4, 0.5) is 0 Å². The second-order valence-electron chi connectivity index (χ2n) is 4.95. The van der Waals surface area contributed by atoms with E-state index in [2.05, 4.69) is 4.90 Å². The Balaban J connectivity index is 2.66. The summed E-state index contributed by atoms with van der Waals surface area (Å²) in [4.78, 5) is 2.05. The molecule has 0 fully saturated rings. The summed E-state index contributed by atoms with van der Waals surface area (Å²) in [6.45, 7) is 4.94. The van der Waals surface area contributed by atoms with E-state index in [1.54, 1.807) is 21.0 Å². The van der Waals surface area contributed by atoms with E-state index in [1.165, 1.54) is 0 Å². The fourth-order valence-corrected chi connectivity index (χ4v) is 2.12. The third kappa shape index (κ3) is 4.94. The van der Waals surface area contributed by atoms with Gasteiger partial charge in [0.25, 0.3) is 0 Å². The van der Waals surface area contributed by atoms with Crippen LogP contribution in [-0.2, 0) is 6.54 Å². The van der Waals surface area contributed by atoms with Crippen LogP contribution in [0, 0.1) is 0 Å². The molecule has 0 unspecified atom stereocenters. The smallest absolute Gasteiger partial charge is 0.137 e. The van der Waals surface area contributed by atoms with E-state index in [9.17, 15) is 5.11 Å². The van der Waals surface area contributed by atoms with Gasteiger partial charge in [0.1, 0.15) is 5.75 Å². The number of benzene rings is 1. The van der Waals surface area contributed by atoms with Crippen LogP contribution in [0.2, 0.25) is 5.02 Å². The first kappa shape index (κ1) is 14.3. The third-order valence-corrected chi connectivity index (χ3v) is 2.62. The number of aliphatic hydroxyl groups is 1. The number of halogens is 1. The fourth-order valence-electron chi connectivity index (χ4n) is 1.84. The normalized spacial score (nSPS) is 11.9. The minimum atomic E-state index is -0.689. The van der Waals surface area contributed by atoms with Gasteiger partial charge in [-0.1, -0.05) is 17.7 Å². The Morgan fingerprint density at radius 2 is 2.06 bits per heavy atom. The molecule has 0 saturated heterocycles. The van der Waals surface area contributed by atoms with Crippen LogP contribution in [-0.4, -0.2) is 36.3 Å². The Bertz CT molecular complexity index is 374. The van der Waals surface area contributed by atoms with Gasteiger partial charge < -0.3 is 9.84 Å². The first-order valence-electron chi connectivity index (χ1n) is 5.55. The van der Waals surface area contributed by atoms with Crippen molar-refractivity contribution >= 4 is 11.6 Å². The molecule has 0 heterocycles. The van der Waals surface area contributed by atoms with Gasteiger partial charge in [-0.05, 0) is 38.6 Å². The van der Waals surface area contributed by atoms with Gasteiger partial charge in [-0.2, -0.15) is 0 Å². The van der Waals surface area contributed by atoms with Crippen LogP contribution in [0.1, 0.15) is 19.4 Å². The van der Waals surface area contributed by atoms with Crippen molar-refractivity contribution in [3.8, 4) is 5.75 Å². The average molecular weight is 258 g/mol. The first-order chi connectivity index (χ1) is 7.81. The largest absolute Gasteiger partial charge is 0.495 e. The lowest BCUT2D eigenvalue weighted by Crippen LogP contribution is -2.35. The summed E-state index contributed by atoms with van der Waals surface area (Å²) in [5.74, 6) is 0.681. The van der Waals surface area contributed by atoms with Crippen molar-refractivity contribution in [2.45, 2.75) is 26.0 Å². The van der Waals surface area contributed by atoms with Crippen LogP contribution in [0.25, 0.3) is 0 Å². The molecule has 17 heavy (non-hydrogen) atoms. The summed E-state index contributed by atoms with van der Waals surface area (Å²) < 4.78 is 5.10. The minimum Gasteiger partial charge on any atom is -0.495 e. The molecule has 0 saturated carbocycles. The molecule has 4 heteroatoms. The monoisotopic (exact) mass is 257 g/mol. The molecule has 0 aromatic heterocycles. The Morgan fingerprint density at radius 3 is 2.53 bits per heavy atom. The number of ether oxygens (including phenoxy) is 1. The highest BCUT2D eigenvalue weighted by atomic mass is 35.5. The Kier molecular flexibility index (Phi) is 4.80. The zero-order chi connectivity index (χ0) is 13.1. The maximum absolute atomic E-state index is 9.72. The van der Waals surface area contributed by atoms with Crippen LogP contribution >= 0.6 is 11.6 Å². The molecular formula is C13H20ClNO2. The fraction of sp³-hybridized carbons (Fsp3) is 0.538. The van der Waals surface area contributed by atoms with Crippen LogP contribution in [0.5, 0.6) is 5.75 Å². The predicted octanol–water partition coefficient (Wildman–Crippen LogP) is 2.55. The number of likely N-dealkylation sites (N-methyl/N-ethyl adjacent to an activating group) is 1. The molecule has 3 nitrogen and oxygen atoms in total. The molecule has 0 aliphatic heterocycles. The van der Waals surface area contributed by atoms with Crippen LogP contribution < -0.4 is 4.74 Å². The summed E-state index contributed by atoms with van der Waals surface area (Å²) in [6, 6.07) is 5.72. The molecule has 1 rings (SSSR count). The second kappa shape index (κ2) is 5.71. The van der Waals surface area contributed by atoms with E-state index in [-0.39, 0.29) is 0 Å². The second-order valence-corrected chi connectivity index (χ2v) is 5.36. The van der Waals surface area contributed by atoms with E-state index in [0.29, 0.717) is 17.3 Å². The Morgan fingerprint density at radius 1 is 1.41 bits per heavy atom. The summed E-state index contributed by atoms with van der Waals surface area (Å²) in [7, 11) is 3.57. The lowest BCUT2D eigenvalue weighted by molar-refractivity contribution is 0.0425. The average Bonchev–Trinajstić information content (AvgIpc) is 2.14. The molecule has 1 N–H and O–H groups in total. The first-order valence-corrected chi connectivity index (χ1v) is 5.93. The minimum absolute atomic E-state index is 0.608. The van der Waals surface area contributed by atoms with Gasteiger partial charge in [0, 0.05) is 13.1 Å². The quantitative estimate of drug-likeness (QED) is 0.880. The van der Waals surface area contributed by atoms with Gasteiger partial charge in [-0.25, -0.2) is 0 Å². The number of hydrogen-bond acceptors (Lipinski definition) is 3. The Hall–Kier alpha value is -0.770. The summed E-state index contributed by atoms with van der Waals surface area (Å²) in [5.41, 5.74) is 0.410. The standard InChI is InChI=1S/C13H20ClNO2/c1-13(2,16)9-15(3)8-10-5-6-12(17-4)11(14)7-10/h5-7,16H,8-9H2,1-4H3. The summed E-state index contributed by atoms with van der Waals surface area (Å²) in [6.07, 6.45) is 0. The molecule has 1 aromatic carbocycles. The van der Waals surface area contributed by atoms with Gasteiger partial charge >= 0.3 is 0 Å². The van der Waals surface area contributed by atoms with Crippen molar-refractivity contribution in [3.63, 3.8) is 0 Å². The third-order valence-electron chi connectivity index (χ3n) is 2.33. The number of rotatable bonds is 5. The van der Waals surface area contributed by atoms with Crippen molar-refractivity contribution < 1.29 is 9.84 Å². The summed E-state index contributed by atoms with van der Waals surface area (Å²) >= 11 is 6.05. The number of nitrogens with zero attached hydrogens (tertiary/aromatic N) is 1. The van der Waals surface area contributed by atoms with E-state index in [0.717, 1.165) is 12.1 Å². The van der Waals surface area contributed by atoms with Crippen molar-refractivity contribution in [2.24, 2.45) is 0 Å². The van der Waals surface area contributed by atoms with Gasteiger partial charge in [0.05, 0.1) is 17.7 Å². The topological polar surface area (TPSA) is 32.7 Å². The SMILES string of the molecule is COc1ccc(CN(C)CC(C)(C)O)cc1Cl.